The molecule has 1 atom stereocenters. The van der Waals surface area contributed by atoms with E-state index in [1.165, 1.54) is 0 Å². The first-order valence-corrected chi connectivity index (χ1v) is 7.21. The van der Waals surface area contributed by atoms with Gasteiger partial charge in [-0.2, -0.15) is 4.98 Å². The zero-order valence-corrected chi connectivity index (χ0v) is 13.6. The summed E-state index contributed by atoms with van der Waals surface area (Å²) in [5.41, 5.74) is 8.47. The maximum absolute atomic E-state index is 11.9. The third kappa shape index (κ3) is 3.18. The minimum Gasteiger partial charge on any atom is -0.423 e. The molecule has 0 radical (unpaired) electrons. The second-order valence-electron chi connectivity index (χ2n) is 5.57. The second kappa shape index (κ2) is 6.54. The number of carbonyl (C=O) groups excluding carboxylic acids is 1. The van der Waals surface area contributed by atoms with Crippen molar-refractivity contribution in [3.63, 3.8) is 0 Å². The quantitative estimate of drug-likeness (QED) is 0.907. The number of halogens is 1. The van der Waals surface area contributed by atoms with E-state index in [0.29, 0.717) is 32.2 Å². The van der Waals surface area contributed by atoms with E-state index in [4.69, 9.17) is 10.2 Å². The Morgan fingerprint density at radius 1 is 1.32 bits per heavy atom. The maximum Gasteiger partial charge on any atom is 0.298 e. The van der Waals surface area contributed by atoms with Crippen LogP contribution in [0.3, 0.4) is 0 Å². The van der Waals surface area contributed by atoms with Gasteiger partial charge in [-0.15, -0.1) is 12.4 Å². The van der Waals surface area contributed by atoms with Crippen LogP contribution in [0, 0.1) is 6.92 Å². The maximum atomic E-state index is 11.9. The standard InChI is InChI=1S/C15H20N4O2.ClH/c1-10-3-4-13-12(9-10)17-15(21-13)19-7-5-18(6-8-19)14(20)11(2)16;/h3-4,9,11H,5-8,16H2,1-2H3;1H. The molecule has 0 aliphatic carbocycles. The van der Waals surface area contributed by atoms with Gasteiger partial charge in [-0.1, -0.05) is 6.07 Å². The highest BCUT2D eigenvalue weighted by atomic mass is 35.5. The zero-order chi connectivity index (χ0) is 15.0. The van der Waals surface area contributed by atoms with Crippen LogP contribution in [0.5, 0.6) is 0 Å². The first-order chi connectivity index (χ1) is 10.0. The predicted octanol–water partition coefficient (Wildman–Crippen LogP) is 1.55. The molecular formula is C15H21ClN4O2. The molecule has 1 aromatic carbocycles. The fourth-order valence-electron chi connectivity index (χ4n) is 2.57. The summed E-state index contributed by atoms with van der Waals surface area (Å²) >= 11 is 0. The number of anilines is 1. The number of hydrogen-bond acceptors (Lipinski definition) is 5. The van der Waals surface area contributed by atoms with Crippen LogP contribution in [-0.2, 0) is 4.79 Å². The van der Waals surface area contributed by atoms with E-state index < -0.39 is 6.04 Å². The molecule has 3 rings (SSSR count). The molecule has 6 nitrogen and oxygen atoms in total. The number of hydrogen-bond donors (Lipinski definition) is 1. The molecule has 1 unspecified atom stereocenters. The summed E-state index contributed by atoms with van der Waals surface area (Å²) in [7, 11) is 0. The molecule has 1 aliphatic heterocycles. The summed E-state index contributed by atoms with van der Waals surface area (Å²) in [4.78, 5) is 20.3. The van der Waals surface area contributed by atoms with Crippen molar-refractivity contribution < 1.29 is 9.21 Å². The van der Waals surface area contributed by atoms with Gasteiger partial charge in [0.15, 0.2) is 5.58 Å². The molecule has 7 heteroatoms. The average Bonchev–Trinajstić information content (AvgIpc) is 2.89. The molecule has 1 amide bonds. The first-order valence-electron chi connectivity index (χ1n) is 7.21. The number of nitrogens with two attached hydrogens (primary N) is 1. The largest absolute Gasteiger partial charge is 0.423 e. The van der Waals surface area contributed by atoms with E-state index in [-0.39, 0.29) is 18.3 Å². The Labute approximate surface area is 135 Å². The van der Waals surface area contributed by atoms with Gasteiger partial charge in [0.2, 0.25) is 5.91 Å². The van der Waals surface area contributed by atoms with Crippen molar-refractivity contribution in [1.82, 2.24) is 9.88 Å². The van der Waals surface area contributed by atoms with E-state index in [1.807, 2.05) is 25.1 Å². The van der Waals surface area contributed by atoms with Crippen LogP contribution < -0.4 is 10.6 Å². The Morgan fingerprint density at radius 3 is 2.64 bits per heavy atom. The van der Waals surface area contributed by atoms with Crippen LogP contribution in [-0.4, -0.2) is 48.0 Å². The van der Waals surface area contributed by atoms with Gasteiger partial charge in [0, 0.05) is 26.2 Å². The lowest BCUT2D eigenvalue weighted by Crippen LogP contribution is -2.52. The van der Waals surface area contributed by atoms with E-state index in [2.05, 4.69) is 9.88 Å². The number of piperazine rings is 1. The molecule has 120 valence electrons. The summed E-state index contributed by atoms with van der Waals surface area (Å²) < 4.78 is 5.79. The van der Waals surface area contributed by atoms with Crippen LogP contribution in [0.25, 0.3) is 11.1 Å². The van der Waals surface area contributed by atoms with Gasteiger partial charge in [0.1, 0.15) is 5.52 Å². The number of benzene rings is 1. The normalized spacial score (nSPS) is 16.5. The molecule has 1 fully saturated rings. The van der Waals surface area contributed by atoms with Crippen molar-refractivity contribution in [2.24, 2.45) is 5.73 Å². The monoisotopic (exact) mass is 324 g/mol. The lowest BCUT2D eigenvalue weighted by Gasteiger charge is -2.34. The number of amides is 1. The number of nitrogens with zero attached hydrogens (tertiary/aromatic N) is 3. The highest BCUT2D eigenvalue weighted by Gasteiger charge is 2.25. The Balaban J connectivity index is 0.00000176. The molecule has 1 saturated heterocycles. The van der Waals surface area contributed by atoms with Crippen LogP contribution in [0.2, 0.25) is 0 Å². The minimum atomic E-state index is -0.441. The Kier molecular flexibility index (Phi) is 4.93. The van der Waals surface area contributed by atoms with Gasteiger partial charge in [0.25, 0.3) is 6.01 Å². The second-order valence-corrected chi connectivity index (χ2v) is 5.57. The van der Waals surface area contributed by atoms with E-state index >= 15 is 0 Å². The fourth-order valence-corrected chi connectivity index (χ4v) is 2.57. The van der Waals surface area contributed by atoms with Gasteiger partial charge in [0.05, 0.1) is 6.04 Å². The molecule has 2 N–H and O–H groups in total. The molecule has 1 aliphatic rings. The van der Waals surface area contributed by atoms with Crippen molar-refractivity contribution in [1.29, 1.82) is 0 Å². The Hall–Kier alpha value is -1.79. The van der Waals surface area contributed by atoms with E-state index in [0.717, 1.165) is 16.7 Å². The summed E-state index contributed by atoms with van der Waals surface area (Å²) in [6, 6.07) is 6.15. The number of fused-ring (bicyclic) bond motifs is 1. The molecular weight excluding hydrogens is 304 g/mol. The predicted molar refractivity (Wildman–Crippen MR) is 88.4 cm³/mol. The summed E-state index contributed by atoms with van der Waals surface area (Å²) in [6.45, 7) is 6.48. The van der Waals surface area contributed by atoms with Crippen molar-refractivity contribution in [2.45, 2.75) is 19.9 Å². The fraction of sp³-hybridized carbons (Fsp3) is 0.467. The van der Waals surface area contributed by atoms with E-state index in [1.54, 1.807) is 11.8 Å². The Morgan fingerprint density at radius 2 is 2.00 bits per heavy atom. The minimum absolute atomic E-state index is 0. The molecule has 22 heavy (non-hydrogen) atoms. The van der Waals surface area contributed by atoms with E-state index in [9.17, 15) is 4.79 Å². The van der Waals surface area contributed by atoms with Gasteiger partial charge in [-0.3, -0.25) is 4.79 Å². The highest BCUT2D eigenvalue weighted by molar-refractivity contribution is 5.85. The van der Waals surface area contributed by atoms with Crippen molar-refractivity contribution in [3.05, 3.63) is 23.8 Å². The number of aromatic nitrogens is 1. The lowest BCUT2D eigenvalue weighted by atomic mass is 10.2. The van der Waals surface area contributed by atoms with Gasteiger partial charge >= 0.3 is 0 Å². The van der Waals surface area contributed by atoms with Crippen LogP contribution >= 0.6 is 12.4 Å². The Bertz CT molecular complexity index is 663. The van der Waals surface area contributed by atoms with Crippen molar-refractivity contribution >= 4 is 35.4 Å². The highest BCUT2D eigenvalue weighted by Crippen LogP contribution is 2.23. The van der Waals surface area contributed by atoms with Crippen LogP contribution in [0.1, 0.15) is 12.5 Å². The number of aryl methyl sites for hydroxylation is 1. The molecule has 0 spiro atoms. The molecule has 2 aromatic rings. The number of rotatable bonds is 2. The molecule has 1 aromatic heterocycles. The summed E-state index contributed by atoms with van der Waals surface area (Å²) in [6.07, 6.45) is 0. The van der Waals surface area contributed by atoms with Crippen molar-refractivity contribution in [3.8, 4) is 0 Å². The number of carbonyl (C=O) groups is 1. The SMILES string of the molecule is Cc1ccc2oc(N3CCN(C(=O)C(C)N)CC3)nc2c1.Cl. The first kappa shape index (κ1) is 16.6. The topological polar surface area (TPSA) is 75.6 Å². The van der Waals surface area contributed by atoms with Gasteiger partial charge < -0.3 is 20.0 Å². The summed E-state index contributed by atoms with van der Waals surface area (Å²) in [5, 5.41) is 0. The molecule has 0 saturated carbocycles. The van der Waals surface area contributed by atoms with Gasteiger partial charge in [-0.25, -0.2) is 0 Å². The zero-order valence-electron chi connectivity index (χ0n) is 12.8. The third-order valence-corrected chi connectivity index (χ3v) is 3.78. The molecule has 0 bridgehead atoms. The smallest absolute Gasteiger partial charge is 0.298 e. The number of oxazole rings is 1. The van der Waals surface area contributed by atoms with Crippen LogP contribution in [0.4, 0.5) is 6.01 Å². The van der Waals surface area contributed by atoms with Gasteiger partial charge in [-0.05, 0) is 31.5 Å². The average molecular weight is 325 g/mol. The lowest BCUT2D eigenvalue weighted by molar-refractivity contribution is -0.132. The van der Waals surface area contributed by atoms with Crippen molar-refractivity contribution in [2.75, 3.05) is 31.1 Å². The summed E-state index contributed by atoms with van der Waals surface area (Å²) in [5.74, 6) is 0.00263. The third-order valence-electron chi connectivity index (χ3n) is 3.78. The van der Waals surface area contributed by atoms with Crippen LogP contribution in [0.15, 0.2) is 22.6 Å². The molecule has 2 heterocycles.